The number of hydrogen-bond acceptors (Lipinski definition) is 1. The summed E-state index contributed by atoms with van der Waals surface area (Å²) < 4.78 is 0. The van der Waals surface area contributed by atoms with Gasteiger partial charge in [-0.05, 0) is 23.5 Å². The summed E-state index contributed by atoms with van der Waals surface area (Å²) in [6.07, 6.45) is 2.39. The third-order valence-electron chi connectivity index (χ3n) is 2.85. The van der Waals surface area contributed by atoms with Gasteiger partial charge in [-0.3, -0.25) is 0 Å². The molecule has 0 bridgehead atoms. The molecule has 0 atom stereocenters. The minimum Gasteiger partial charge on any atom is -0.507 e. The second kappa shape index (κ2) is 4.79. The lowest BCUT2D eigenvalue weighted by Crippen LogP contribution is -2.12. The van der Waals surface area contributed by atoms with E-state index in [0.717, 1.165) is 16.7 Å². The number of aromatic hydroxyl groups is 1. The first kappa shape index (κ1) is 13.6. The zero-order valence-corrected chi connectivity index (χ0v) is 11.3. The molecule has 1 aromatic carbocycles. The summed E-state index contributed by atoms with van der Waals surface area (Å²) in [7, 11) is 0. The van der Waals surface area contributed by atoms with Gasteiger partial charge in [-0.1, -0.05) is 63.3 Å². The summed E-state index contributed by atoms with van der Waals surface area (Å²) in [5.74, 6) is 0.395. The van der Waals surface area contributed by atoms with Gasteiger partial charge in [0.2, 0.25) is 0 Å². The maximum Gasteiger partial charge on any atom is 0.122 e. The monoisotopic (exact) mass is 230 g/mol. The molecule has 0 saturated heterocycles. The summed E-state index contributed by atoms with van der Waals surface area (Å²) in [4.78, 5) is 0. The molecule has 0 spiro atoms. The standard InChI is InChI=1S/C16H22O/c1-7-11(2)8-13-9-12(3)10-14(15(13)17)16(4,5)6/h7,9-10,17H,1-2,8H2,3-6H3. The second-order valence-corrected chi connectivity index (χ2v) is 5.61. The number of hydrogen-bond donors (Lipinski definition) is 1. The zero-order chi connectivity index (χ0) is 13.2. The molecular formula is C16H22O. The Morgan fingerprint density at radius 1 is 1.35 bits per heavy atom. The number of phenolic OH excluding ortho intramolecular Hbond substituents is 1. The molecule has 1 N–H and O–H groups in total. The number of rotatable bonds is 3. The molecule has 0 radical (unpaired) electrons. The van der Waals surface area contributed by atoms with E-state index in [1.54, 1.807) is 6.08 Å². The fourth-order valence-electron chi connectivity index (χ4n) is 1.88. The molecule has 0 aliphatic carbocycles. The third-order valence-corrected chi connectivity index (χ3v) is 2.85. The normalized spacial score (nSPS) is 11.3. The molecule has 0 unspecified atom stereocenters. The molecule has 17 heavy (non-hydrogen) atoms. The first-order valence-corrected chi connectivity index (χ1v) is 5.89. The molecule has 0 fully saturated rings. The van der Waals surface area contributed by atoms with E-state index in [9.17, 15) is 5.11 Å². The SMILES string of the molecule is C=CC(=C)Cc1cc(C)cc(C(C)(C)C)c1O. The van der Waals surface area contributed by atoms with Gasteiger partial charge in [-0.2, -0.15) is 0 Å². The van der Waals surface area contributed by atoms with Gasteiger partial charge in [0.05, 0.1) is 0 Å². The predicted octanol–water partition coefficient (Wildman–Crippen LogP) is 4.28. The van der Waals surface area contributed by atoms with E-state index in [0.29, 0.717) is 12.2 Å². The molecular weight excluding hydrogens is 208 g/mol. The summed E-state index contributed by atoms with van der Waals surface area (Å²) in [6.45, 7) is 16.0. The first-order chi connectivity index (χ1) is 7.75. The number of allylic oxidation sites excluding steroid dienone is 2. The van der Waals surface area contributed by atoms with Crippen molar-refractivity contribution in [2.75, 3.05) is 0 Å². The molecule has 0 aliphatic rings. The van der Waals surface area contributed by atoms with Crippen LogP contribution in [0.4, 0.5) is 0 Å². The van der Waals surface area contributed by atoms with Crippen molar-refractivity contribution < 1.29 is 5.11 Å². The molecule has 1 rings (SSSR count). The average Bonchev–Trinajstić information content (AvgIpc) is 2.21. The molecule has 1 nitrogen and oxygen atoms in total. The maximum atomic E-state index is 10.3. The summed E-state index contributed by atoms with van der Waals surface area (Å²) in [6, 6.07) is 4.06. The van der Waals surface area contributed by atoms with Crippen LogP contribution in [-0.4, -0.2) is 5.11 Å². The largest absolute Gasteiger partial charge is 0.507 e. The van der Waals surface area contributed by atoms with Crippen molar-refractivity contribution in [2.24, 2.45) is 0 Å². The Kier molecular flexibility index (Phi) is 3.82. The van der Waals surface area contributed by atoms with E-state index in [1.165, 1.54) is 5.56 Å². The van der Waals surface area contributed by atoms with Crippen molar-refractivity contribution in [1.29, 1.82) is 0 Å². The molecule has 0 saturated carbocycles. The molecule has 0 amide bonds. The fourth-order valence-corrected chi connectivity index (χ4v) is 1.88. The molecule has 92 valence electrons. The van der Waals surface area contributed by atoms with Gasteiger partial charge in [0.15, 0.2) is 0 Å². The van der Waals surface area contributed by atoms with Gasteiger partial charge in [-0.25, -0.2) is 0 Å². The quantitative estimate of drug-likeness (QED) is 0.768. The molecule has 1 heteroatoms. The highest BCUT2D eigenvalue weighted by molar-refractivity contribution is 5.48. The van der Waals surface area contributed by atoms with Crippen LogP contribution in [0.1, 0.15) is 37.5 Å². The van der Waals surface area contributed by atoms with Crippen molar-refractivity contribution in [3.05, 3.63) is 53.6 Å². The van der Waals surface area contributed by atoms with Crippen LogP contribution >= 0.6 is 0 Å². The predicted molar refractivity (Wildman–Crippen MR) is 74.6 cm³/mol. The highest BCUT2D eigenvalue weighted by atomic mass is 16.3. The van der Waals surface area contributed by atoms with Gasteiger partial charge in [0.25, 0.3) is 0 Å². The number of phenols is 1. The van der Waals surface area contributed by atoms with E-state index in [4.69, 9.17) is 0 Å². The van der Waals surface area contributed by atoms with Crippen LogP contribution in [0, 0.1) is 6.92 Å². The third kappa shape index (κ3) is 3.23. The summed E-state index contributed by atoms with van der Waals surface area (Å²) in [5.41, 5.74) is 3.95. The molecule has 1 aromatic rings. The van der Waals surface area contributed by atoms with E-state index < -0.39 is 0 Å². The van der Waals surface area contributed by atoms with Crippen molar-refractivity contribution >= 4 is 0 Å². The van der Waals surface area contributed by atoms with Gasteiger partial charge < -0.3 is 5.11 Å². The number of aryl methyl sites for hydroxylation is 1. The van der Waals surface area contributed by atoms with Crippen molar-refractivity contribution in [3.8, 4) is 5.75 Å². The van der Waals surface area contributed by atoms with Crippen molar-refractivity contribution in [1.82, 2.24) is 0 Å². The van der Waals surface area contributed by atoms with Crippen LogP contribution in [0.25, 0.3) is 0 Å². The van der Waals surface area contributed by atoms with Gasteiger partial charge >= 0.3 is 0 Å². The van der Waals surface area contributed by atoms with Crippen LogP contribution in [-0.2, 0) is 11.8 Å². The Balaban J connectivity index is 3.28. The Bertz CT molecular complexity index is 447. The van der Waals surface area contributed by atoms with Crippen LogP contribution in [0.5, 0.6) is 5.75 Å². The van der Waals surface area contributed by atoms with E-state index in [2.05, 4.69) is 46.9 Å². The van der Waals surface area contributed by atoms with Crippen LogP contribution in [0.15, 0.2) is 36.9 Å². The van der Waals surface area contributed by atoms with Crippen LogP contribution < -0.4 is 0 Å². The van der Waals surface area contributed by atoms with Gasteiger partial charge in [0, 0.05) is 6.42 Å². The molecule has 0 aliphatic heterocycles. The van der Waals surface area contributed by atoms with Gasteiger partial charge in [0.1, 0.15) is 5.75 Å². The highest BCUT2D eigenvalue weighted by Gasteiger charge is 2.20. The zero-order valence-electron chi connectivity index (χ0n) is 11.3. The Labute approximate surface area is 104 Å². The number of benzene rings is 1. The van der Waals surface area contributed by atoms with E-state index >= 15 is 0 Å². The van der Waals surface area contributed by atoms with E-state index in [1.807, 2.05) is 6.07 Å². The minimum atomic E-state index is -0.0552. The van der Waals surface area contributed by atoms with E-state index in [-0.39, 0.29) is 5.41 Å². The Morgan fingerprint density at radius 2 is 1.94 bits per heavy atom. The van der Waals surface area contributed by atoms with Crippen molar-refractivity contribution in [3.63, 3.8) is 0 Å². The maximum absolute atomic E-state index is 10.3. The molecule has 0 aromatic heterocycles. The van der Waals surface area contributed by atoms with Crippen molar-refractivity contribution in [2.45, 2.75) is 39.5 Å². The van der Waals surface area contributed by atoms with Crippen LogP contribution in [0.2, 0.25) is 0 Å². The first-order valence-electron chi connectivity index (χ1n) is 5.89. The van der Waals surface area contributed by atoms with Gasteiger partial charge in [-0.15, -0.1) is 0 Å². The summed E-state index contributed by atoms with van der Waals surface area (Å²) >= 11 is 0. The Morgan fingerprint density at radius 3 is 2.41 bits per heavy atom. The average molecular weight is 230 g/mol. The minimum absolute atomic E-state index is 0.0552. The lowest BCUT2D eigenvalue weighted by atomic mass is 9.83. The smallest absolute Gasteiger partial charge is 0.122 e. The fraction of sp³-hybridized carbons (Fsp3) is 0.375. The highest BCUT2D eigenvalue weighted by Crippen LogP contribution is 2.35. The van der Waals surface area contributed by atoms with Crippen LogP contribution in [0.3, 0.4) is 0 Å². The second-order valence-electron chi connectivity index (χ2n) is 5.61. The Hall–Kier alpha value is -1.50. The molecule has 0 heterocycles. The topological polar surface area (TPSA) is 20.2 Å². The summed E-state index contributed by atoms with van der Waals surface area (Å²) in [5, 5.41) is 10.3. The lowest BCUT2D eigenvalue weighted by Gasteiger charge is -2.23. The lowest BCUT2D eigenvalue weighted by molar-refractivity contribution is 0.441.